The summed E-state index contributed by atoms with van der Waals surface area (Å²) >= 11 is 1.51. The van der Waals surface area contributed by atoms with Gasteiger partial charge in [0.15, 0.2) is 5.69 Å². The van der Waals surface area contributed by atoms with E-state index in [-0.39, 0.29) is 10.6 Å². The molecule has 7 heteroatoms. The van der Waals surface area contributed by atoms with Gasteiger partial charge >= 0.3 is 4.96 Å². The normalized spacial score (nSPS) is 15.4. The van der Waals surface area contributed by atoms with Gasteiger partial charge in [0.25, 0.3) is 5.69 Å². The minimum Gasteiger partial charge on any atom is -0.258 e. The van der Waals surface area contributed by atoms with Crippen molar-refractivity contribution in [2.45, 2.75) is 12.8 Å². The molecule has 0 saturated heterocycles. The van der Waals surface area contributed by atoms with Gasteiger partial charge in [0.05, 0.1) is 4.92 Å². The molecular formula is C15H11N4O2S+. The molecule has 1 aliphatic rings. The van der Waals surface area contributed by atoms with Gasteiger partial charge in [0.2, 0.25) is 0 Å². The van der Waals surface area contributed by atoms with E-state index in [1.54, 1.807) is 17.6 Å². The molecule has 2 aromatic heterocycles. The molecule has 0 bridgehead atoms. The lowest BCUT2D eigenvalue weighted by atomic mass is 10.1. The van der Waals surface area contributed by atoms with E-state index < -0.39 is 0 Å². The summed E-state index contributed by atoms with van der Waals surface area (Å²) in [6.45, 7) is 0. The van der Waals surface area contributed by atoms with Gasteiger partial charge in [-0.3, -0.25) is 10.1 Å². The summed E-state index contributed by atoms with van der Waals surface area (Å²) in [4.78, 5) is 15.6. The Bertz CT molecular complexity index is 915. The van der Waals surface area contributed by atoms with Gasteiger partial charge in [0, 0.05) is 23.3 Å². The van der Waals surface area contributed by atoms with E-state index in [4.69, 9.17) is 0 Å². The number of benzene rings is 1. The summed E-state index contributed by atoms with van der Waals surface area (Å²) in [6, 6.07) is 6.60. The fraction of sp³-hybridized carbons (Fsp3) is 0.133. The largest absolute Gasteiger partial charge is 0.409 e. The van der Waals surface area contributed by atoms with Crippen LogP contribution in [0, 0.1) is 10.1 Å². The third-order valence-corrected chi connectivity index (χ3v) is 4.45. The van der Waals surface area contributed by atoms with Gasteiger partial charge in [-0.2, -0.15) is 0 Å². The van der Waals surface area contributed by atoms with Crippen molar-refractivity contribution >= 4 is 33.6 Å². The van der Waals surface area contributed by atoms with Crippen LogP contribution in [0.3, 0.4) is 0 Å². The third kappa shape index (κ3) is 2.06. The van der Waals surface area contributed by atoms with Crippen LogP contribution in [-0.2, 0) is 6.42 Å². The number of non-ortho nitro benzene ring substituents is 1. The Morgan fingerprint density at radius 3 is 2.86 bits per heavy atom. The van der Waals surface area contributed by atoms with Crippen LogP contribution in [0.2, 0.25) is 0 Å². The lowest BCUT2D eigenvalue weighted by molar-refractivity contribution is -0.580. The first-order valence-electron chi connectivity index (χ1n) is 6.81. The second kappa shape index (κ2) is 4.96. The minimum absolute atomic E-state index is 0.106. The SMILES string of the molecule is O=[N+]([O-])c1ccc(/C=C2/CCc3cnc4scn[n+]4c32)cc1. The van der Waals surface area contributed by atoms with E-state index in [0.29, 0.717) is 0 Å². The molecule has 3 aromatic rings. The predicted molar refractivity (Wildman–Crippen MR) is 82.4 cm³/mol. The Morgan fingerprint density at radius 1 is 1.27 bits per heavy atom. The first-order valence-corrected chi connectivity index (χ1v) is 7.69. The van der Waals surface area contributed by atoms with Crippen molar-refractivity contribution in [2.75, 3.05) is 0 Å². The minimum atomic E-state index is -0.387. The van der Waals surface area contributed by atoms with Crippen molar-refractivity contribution in [3.8, 4) is 0 Å². The number of allylic oxidation sites excluding steroid dienone is 1. The van der Waals surface area contributed by atoms with E-state index in [2.05, 4.69) is 16.2 Å². The quantitative estimate of drug-likeness (QED) is 0.414. The number of hydrogen-bond acceptors (Lipinski definition) is 5. The first-order chi connectivity index (χ1) is 10.7. The zero-order valence-corrected chi connectivity index (χ0v) is 12.3. The summed E-state index contributed by atoms with van der Waals surface area (Å²) in [7, 11) is 0. The average Bonchev–Trinajstić information content (AvgIpc) is 3.14. The van der Waals surface area contributed by atoms with Gasteiger partial charge in [-0.25, -0.2) is 0 Å². The Balaban J connectivity index is 1.79. The highest BCUT2D eigenvalue weighted by Gasteiger charge is 2.27. The van der Waals surface area contributed by atoms with Crippen LogP contribution in [0.15, 0.2) is 36.0 Å². The fourth-order valence-electron chi connectivity index (χ4n) is 2.73. The maximum atomic E-state index is 10.7. The van der Waals surface area contributed by atoms with Crippen LogP contribution in [-0.4, -0.2) is 15.0 Å². The number of aryl methyl sites for hydroxylation is 1. The van der Waals surface area contributed by atoms with Crippen molar-refractivity contribution < 1.29 is 9.44 Å². The molecule has 0 N–H and O–H groups in total. The summed E-state index contributed by atoms with van der Waals surface area (Å²) < 4.78 is 1.88. The second-order valence-corrected chi connectivity index (χ2v) is 5.90. The molecule has 0 fully saturated rings. The van der Waals surface area contributed by atoms with Crippen LogP contribution < -0.4 is 4.52 Å². The fourth-order valence-corrected chi connectivity index (χ4v) is 3.32. The molecule has 0 aliphatic heterocycles. The Morgan fingerprint density at radius 2 is 2.09 bits per heavy atom. The maximum absolute atomic E-state index is 10.7. The van der Waals surface area contributed by atoms with Crippen molar-refractivity contribution in [3.05, 3.63) is 62.9 Å². The van der Waals surface area contributed by atoms with Gasteiger partial charge in [-0.05, 0) is 52.9 Å². The summed E-state index contributed by atoms with van der Waals surface area (Å²) in [5.41, 5.74) is 6.32. The number of hydrogen-bond donors (Lipinski definition) is 0. The molecule has 0 radical (unpaired) electrons. The highest BCUT2D eigenvalue weighted by Crippen LogP contribution is 2.31. The van der Waals surface area contributed by atoms with Gasteiger partial charge in [-0.1, -0.05) is 9.61 Å². The third-order valence-electron chi connectivity index (χ3n) is 3.76. The number of nitro groups is 1. The molecule has 1 aromatic carbocycles. The van der Waals surface area contributed by atoms with Crippen LogP contribution in [0.1, 0.15) is 23.2 Å². The molecule has 2 heterocycles. The molecule has 6 nitrogen and oxygen atoms in total. The molecule has 0 spiro atoms. The lowest BCUT2D eigenvalue weighted by Crippen LogP contribution is -2.29. The number of fused-ring (bicyclic) bond motifs is 3. The first kappa shape index (κ1) is 13.0. The molecule has 0 amide bonds. The number of rotatable bonds is 2. The van der Waals surface area contributed by atoms with Crippen LogP contribution >= 0.6 is 11.3 Å². The molecule has 1 aliphatic carbocycles. The van der Waals surface area contributed by atoms with Crippen LogP contribution in [0.5, 0.6) is 0 Å². The van der Waals surface area contributed by atoms with E-state index in [0.717, 1.165) is 29.1 Å². The molecule has 0 unspecified atom stereocenters. The molecule has 0 saturated carbocycles. The molecule has 4 rings (SSSR count). The number of nitro benzene ring substituents is 1. The highest BCUT2D eigenvalue weighted by atomic mass is 32.1. The van der Waals surface area contributed by atoms with Crippen molar-refractivity contribution in [3.63, 3.8) is 0 Å². The van der Waals surface area contributed by atoms with E-state index >= 15 is 0 Å². The molecule has 22 heavy (non-hydrogen) atoms. The number of aromatic nitrogens is 3. The highest BCUT2D eigenvalue weighted by molar-refractivity contribution is 7.14. The van der Waals surface area contributed by atoms with Gasteiger partial charge in [-0.15, -0.1) is 0 Å². The summed E-state index contributed by atoms with van der Waals surface area (Å²) in [5.74, 6) is 0. The zero-order valence-electron chi connectivity index (χ0n) is 11.5. The standard InChI is InChI=1S/C15H11N4O2S/c20-19(21)13-5-1-10(2-6-13)7-11-3-4-12-8-16-15-18(14(11)12)17-9-22-15/h1-2,5-9H,3-4H2/q+1/b11-7-. The average molecular weight is 311 g/mol. The van der Waals surface area contributed by atoms with Gasteiger partial charge in [0.1, 0.15) is 11.7 Å². The molecular weight excluding hydrogens is 300 g/mol. The second-order valence-electron chi connectivity index (χ2n) is 5.08. The monoisotopic (exact) mass is 311 g/mol. The van der Waals surface area contributed by atoms with E-state index in [1.807, 2.05) is 10.7 Å². The van der Waals surface area contributed by atoms with Gasteiger partial charge < -0.3 is 0 Å². The van der Waals surface area contributed by atoms with Crippen molar-refractivity contribution in [1.82, 2.24) is 10.1 Å². The summed E-state index contributed by atoms with van der Waals surface area (Å²) in [5, 5.41) is 15.1. The topological polar surface area (TPSA) is 73.0 Å². The van der Waals surface area contributed by atoms with E-state index in [9.17, 15) is 10.1 Å². The lowest BCUT2D eigenvalue weighted by Gasteiger charge is -1.98. The van der Waals surface area contributed by atoms with E-state index in [1.165, 1.54) is 34.6 Å². The predicted octanol–water partition coefficient (Wildman–Crippen LogP) is 2.67. The maximum Gasteiger partial charge on any atom is 0.409 e. The molecule has 108 valence electrons. The van der Waals surface area contributed by atoms with Crippen molar-refractivity contribution in [2.24, 2.45) is 0 Å². The Labute approximate surface area is 129 Å². The smallest absolute Gasteiger partial charge is 0.258 e. The van der Waals surface area contributed by atoms with Crippen molar-refractivity contribution in [1.29, 1.82) is 0 Å². The summed E-state index contributed by atoms with van der Waals surface area (Å²) in [6.07, 6.45) is 5.86. The molecule has 0 atom stereocenters. The number of nitrogens with zero attached hydrogens (tertiary/aromatic N) is 4. The zero-order chi connectivity index (χ0) is 15.1. The Kier molecular flexibility index (Phi) is 2.93. The Hall–Kier alpha value is -2.67. The van der Waals surface area contributed by atoms with Crippen LogP contribution in [0.25, 0.3) is 16.6 Å². The van der Waals surface area contributed by atoms with Crippen LogP contribution in [0.4, 0.5) is 5.69 Å².